The monoisotopic (exact) mass is 177 g/mol. The van der Waals surface area contributed by atoms with Crippen LogP contribution < -0.4 is 5.32 Å². The van der Waals surface area contributed by atoms with Gasteiger partial charge in [0.15, 0.2) is 6.39 Å². The molecule has 0 amide bonds. The molecule has 1 N–H and O–H groups in total. The fraction of sp³-hybridized carbons (Fsp3) is 0.333. The number of nitrogens with one attached hydrogen (secondary N) is 1. The maximum absolute atomic E-state index is 5.03. The van der Waals surface area contributed by atoms with Gasteiger partial charge in [-0.1, -0.05) is 0 Å². The summed E-state index contributed by atoms with van der Waals surface area (Å²) in [5, 5.41) is 3.24. The summed E-state index contributed by atoms with van der Waals surface area (Å²) in [4.78, 5) is 8.12. The number of aromatic nitrogens is 2. The predicted octanol–water partition coefficient (Wildman–Crippen LogP) is 2.04. The Morgan fingerprint density at radius 2 is 2.23 bits per heavy atom. The molecule has 0 aromatic carbocycles. The molecule has 2 aromatic heterocycles. The highest BCUT2D eigenvalue weighted by Crippen LogP contribution is 2.14. The predicted molar refractivity (Wildman–Crippen MR) is 50.6 cm³/mol. The van der Waals surface area contributed by atoms with Crippen molar-refractivity contribution in [2.24, 2.45) is 0 Å². The Balaban J connectivity index is 2.37. The number of anilines is 1. The first-order valence-corrected chi connectivity index (χ1v) is 4.21. The lowest BCUT2D eigenvalue weighted by Crippen LogP contribution is -2.09. The molecule has 0 unspecified atom stereocenters. The summed E-state index contributed by atoms with van der Waals surface area (Å²) in [6, 6.07) is 2.32. The SMILES string of the molecule is CC(C)Nc1cnc2ocnc2c1. The van der Waals surface area contributed by atoms with Crippen LogP contribution in [0.1, 0.15) is 13.8 Å². The molecule has 0 spiro atoms. The fourth-order valence-electron chi connectivity index (χ4n) is 1.17. The smallest absolute Gasteiger partial charge is 0.246 e. The van der Waals surface area contributed by atoms with E-state index >= 15 is 0 Å². The number of rotatable bonds is 2. The van der Waals surface area contributed by atoms with E-state index in [1.165, 1.54) is 6.39 Å². The highest BCUT2D eigenvalue weighted by Gasteiger charge is 2.01. The van der Waals surface area contributed by atoms with E-state index in [1.807, 2.05) is 6.07 Å². The van der Waals surface area contributed by atoms with Crippen LogP contribution in [-0.2, 0) is 0 Å². The van der Waals surface area contributed by atoms with Gasteiger partial charge in [0.05, 0.1) is 11.9 Å². The number of fused-ring (bicyclic) bond motifs is 1. The summed E-state index contributed by atoms with van der Waals surface area (Å²) in [5.41, 5.74) is 2.33. The van der Waals surface area contributed by atoms with Gasteiger partial charge < -0.3 is 9.73 Å². The Kier molecular flexibility index (Phi) is 1.88. The van der Waals surface area contributed by atoms with Gasteiger partial charge in [0, 0.05) is 6.04 Å². The van der Waals surface area contributed by atoms with Gasteiger partial charge in [-0.15, -0.1) is 0 Å². The molecule has 0 aliphatic heterocycles. The van der Waals surface area contributed by atoms with Crippen LogP contribution in [0.2, 0.25) is 0 Å². The highest BCUT2D eigenvalue weighted by atomic mass is 16.3. The molecule has 2 rings (SSSR count). The van der Waals surface area contributed by atoms with Crippen LogP contribution in [0.25, 0.3) is 11.2 Å². The van der Waals surface area contributed by atoms with E-state index in [4.69, 9.17) is 4.42 Å². The third-order valence-corrected chi connectivity index (χ3v) is 1.64. The molecular formula is C9H11N3O. The fourth-order valence-corrected chi connectivity index (χ4v) is 1.17. The average molecular weight is 177 g/mol. The van der Waals surface area contributed by atoms with E-state index in [1.54, 1.807) is 6.20 Å². The minimum absolute atomic E-state index is 0.395. The molecule has 0 aliphatic carbocycles. The summed E-state index contributed by atoms with van der Waals surface area (Å²) in [6.45, 7) is 4.15. The zero-order chi connectivity index (χ0) is 9.26. The molecule has 2 heterocycles. The van der Waals surface area contributed by atoms with Gasteiger partial charge in [0.25, 0.3) is 0 Å². The topological polar surface area (TPSA) is 51.0 Å². The van der Waals surface area contributed by atoms with Gasteiger partial charge >= 0.3 is 0 Å². The lowest BCUT2D eigenvalue weighted by molar-refractivity contribution is 0.590. The van der Waals surface area contributed by atoms with Crippen molar-refractivity contribution in [3.63, 3.8) is 0 Å². The van der Waals surface area contributed by atoms with Crippen molar-refractivity contribution >= 4 is 16.9 Å². The van der Waals surface area contributed by atoms with Gasteiger partial charge in [-0.05, 0) is 19.9 Å². The molecular weight excluding hydrogens is 166 g/mol. The quantitative estimate of drug-likeness (QED) is 0.762. The van der Waals surface area contributed by atoms with Crippen molar-refractivity contribution in [3.05, 3.63) is 18.7 Å². The zero-order valence-corrected chi connectivity index (χ0v) is 7.61. The molecule has 68 valence electrons. The number of pyridine rings is 1. The molecule has 0 fully saturated rings. The van der Waals surface area contributed by atoms with Crippen molar-refractivity contribution in [1.29, 1.82) is 0 Å². The number of nitrogens with zero attached hydrogens (tertiary/aromatic N) is 2. The van der Waals surface area contributed by atoms with E-state index in [0.717, 1.165) is 11.2 Å². The van der Waals surface area contributed by atoms with Crippen LogP contribution >= 0.6 is 0 Å². The lowest BCUT2D eigenvalue weighted by atomic mass is 10.3. The summed E-state index contributed by atoms with van der Waals surface area (Å²) in [6.07, 6.45) is 3.14. The zero-order valence-electron chi connectivity index (χ0n) is 7.61. The minimum Gasteiger partial charge on any atom is -0.425 e. The van der Waals surface area contributed by atoms with E-state index < -0.39 is 0 Å². The van der Waals surface area contributed by atoms with Gasteiger partial charge in [0.2, 0.25) is 5.71 Å². The Morgan fingerprint density at radius 3 is 3.00 bits per heavy atom. The van der Waals surface area contributed by atoms with Crippen LogP contribution in [0, 0.1) is 0 Å². The number of hydrogen-bond donors (Lipinski definition) is 1. The largest absolute Gasteiger partial charge is 0.425 e. The van der Waals surface area contributed by atoms with Crippen LogP contribution in [0.3, 0.4) is 0 Å². The van der Waals surface area contributed by atoms with Gasteiger partial charge in [-0.25, -0.2) is 9.97 Å². The Hall–Kier alpha value is -1.58. The van der Waals surface area contributed by atoms with Crippen molar-refractivity contribution in [1.82, 2.24) is 9.97 Å². The average Bonchev–Trinajstić information content (AvgIpc) is 2.49. The van der Waals surface area contributed by atoms with Crippen molar-refractivity contribution < 1.29 is 4.42 Å². The summed E-state index contributed by atoms with van der Waals surface area (Å²) in [5.74, 6) is 0. The molecule has 0 aliphatic rings. The molecule has 0 saturated heterocycles. The maximum atomic E-state index is 5.03. The molecule has 4 heteroatoms. The molecule has 4 nitrogen and oxygen atoms in total. The Morgan fingerprint density at radius 1 is 1.38 bits per heavy atom. The Labute approximate surface area is 76.0 Å². The van der Waals surface area contributed by atoms with Crippen LogP contribution in [0.15, 0.2) is 23.1 Å². The molecule has 0 bridgehead atoms. The van der Waals surface area contributed by atoms with Crippen molar-refractivity contribution in [2.45, 2.75) is 19.9 Å². The molecule has 13 heavy (non-hydrogen) atoms. The summed E-state index contributed by atoms with van der Waals surface area (Å²) < 4.78 is 5.03. The van der Waals surface area contributed by atoms with Crippen LogP contribution in [-0.4, -0.2) is 16.0 Å². The van der Waals surface area contributed by atoms with E-state index in [9.17, 15) is 0 Å². The second-order valence-electron chi connectivity index (χ2n) is 3.20. The normalized spacial score (nSPS) is 11.0. The van der Waals surface area contributed by atoms with Crippen LogP contribution in [0.4, 0.5) is 5.69 Å². The second kappa shape index (κ2) is 3.05. The molecule has 0 radical (unpaired) electrons. The third-order valence-electron chi connectivity index (χ3n) is 1.64. The number of hydrogen-bond acceptors (Lipinski definition) is 4. The lowest BCUT2D eigenvalue weighted by Gasteiger charge is -2.08. The first-order valence-electron chi connectivity index (χ1n) is 4.21. The summed E-state index contributed by atoms with van der Waals surface area (Å²) in [7, 11) is 0. The first-order chi connectivity index (χ1) is 6.25. The van der Waals surface area contributed by atoms with Gasteiger partial charge in [-0.2, -0.15) is 0 Å². The van der Waals surface area contributed by atoms with Gasteiger partial charge in [0.1, 0.15) is 5.52 Å². The second-order valence-corrected chi connectivity index (χ2v) is 3.20. The molecule has 2 aromatic rings. The summed E-state index contributed by atoms with van der Waals surface area (Å²) >= 11 is 0. The molecule has 0 saturated carbocycles. The number of oxazole rings is 1. The first kappa shape index (κ1) is 8.04. The third kappa shape index (κ3) is 1.61. The van der Waals surface area contributed by atoms with Crippen LogP contribution in [0.5, 0.6) is 0 Å². The minimum atomic E-state index is 0.395. The highest BCUT2D eigenvalue weighted by molar-refractivity contribution is 5.72. The maximum Gasteiger partial charge on any atom is 0.246 e. The van der Waals surface area contributed by atoms with E-state index in [0.29, 0.717) is 11.8 Å². The van der Waals surface area contributed by atoms with E-state index in [2.05, 4.69) is 29.1 Å². The standard InChI is InChI=1S/C9H11N3O/c1-6(2)12-7-3-8-9(10-4-7)13-5-11-8/h3-6,12H,1-2H3. The van der Waals surface area contributed by atoms with Gasteiger partial charge in [-0.3, -0.25) is 0 Å². The Bertz CT molecular complexity index is 408. The van der Waals surface area contributed by atoms with E-state index in [-0.39, 0.29) is 0 Å². The molecule has 0 atom stereocenters. The van der Waals surface area contributed by atoms with Crippen molar-refractivity contribution in [2.75, 3.05) is 5.32 Å². The van der Waals surface area contributed by atoms with Crippen molar-refractivity contribution in [3.8, 4) is 0 Å².